The van der Waals surface area contributed by atoms with Gasteiger partial charge in [-0.1, -0.05) is 73.1 Å². The van der Waals surface area contributed by atoms with Crippen molar-refractivity contribution in [2.45, 2.75) is 39.0 Å². The number of hydrogen-bond donors (Lipinski definition) is 0. The predicted octanol–water partition coefficient (Wildman–Crippen LogP) is 8.69. The average Bonchev–Trinajstić information content (AvgIpc) is 2.83. The molecule has 0 saturated carbocycles. The van der Waals surface area contributed by atoms with Crippen LogP contribution in [-0.2, 0) is 11.8 Å². The molecular formula is C30H29BrN2O. The fraction of sp³-hybridized carbons (Fsp3) is 0.233. The number of anilines is 2. The van der Waals surface area contributed by atoms with Gasteiger partial charge in [-0.2, -0.15) is 0 Å². The van der Waals surface area contributed by atoms with Gasteiger partial charge in [0.25, 0.3) is 0 Å². The summed E-state index contributed by atoms with van der Waals surface area (Å²) in [4.78, 5) is 7.14. The van der Waals surface area contributed by atoms with E-state index in [1.807, 2.05) is 30.5 Å². The fourth-order valence-electron chi connectivity index (χ4n) is 4.54. The van der Waals surface area contributed by atoms with Crippen LogP contribution in [0.15, 0.2) is 89.5 Å². The highest BCUT2D eigenvalue weighted by molar-refractivity contribution is 9.10. The lowest BCUT2D eigenvalue weighted by molar-refractivity contribution is 0.482. The predicted molar refractivity (Wildman–Crippen MR) is 144 cm³/mol. The van der Waals surface area contributed by atoms with Crippen LogP contribution in [0, 0.1) is 0 Å². The van der Waals surface area contributed by atoms with Crippen molar-refractivity contribution in [3.05, 3.63) is 101 Å². The third-order valence-corrected chi connectivity index (χ3v) is 6.80. The SMILES string of the molecule is CC(C)(C)c1ccnc(N2CCCc3c(-c4ccccc4)cc(Oc4cccc(Br)c4)cc32)c1. The molecule has 4 heteroatoms. The number of halogens is 1. The van der Waals surface area contributed by atoms with Crippen LogP contribution in [0.2, 0.25) is 0 Å². The van der Waals surface area contributed by atoms with E-state index >= 15 is 0 Å². The first-order valence-corrected chi connectivity index (χ1v) is 12.6. The van der Waals surface area contributed by atoms with E-state index in [9.17, 15) is 0 Å². The molecule has 0 unspecified atom stereocenters. The standard InChI is InChI=1S/C30H29BrN2O/c1-30(2,3)22-14-15-32-29(17-22)33-16-8-13-26-27(21-9-5-4-6-10-21)19-25(20-28(26)33)34-24-12-7-11-23(31)18-24/h4-7,9-12,14-15,17-20H,8,13,16H2,1-3H3. The second kappa shape index (κ2) is 9.27. The Morgan fingerprint density at radius 2 is 1.71 bits per heavy atom. The third kappa shape index (κ3) is 4.74. The number of benzene rings is 3. The molecule has 0 bridgehead atoms. The molecule has 1 aliphatic rings. The van der Waals surface area contributed by atoms with Crippen LogP contribution in [0.4, 0.5) is 11.5 Å². The molecule has 0 saturated heterocycles. The second-order valence-corrected chi connectivity index (χ2v) is 10.7. The summed E-state index contributed by atoms with van der Waals surface area (Å²) < 4.78 is 7.37. The molecule has 1 aliphatic heterocycles. The lowest BCUT2D eigenvalue weighted by Gasteiger charge is -2.33. The molecule has 3 nitrogen and oxygen atoms in total. The minimum absolute atomic E-state index is 0.0666. The van der Waals surface area contributed by atoms with Gasteiger partial charge in [-0.15, -0.1) is 0 Å². The van der Waals surface area contributed by atoms with Crippen molar-refractivity contribution in [1.29, 1.82) is 0 Å². The molecule has 5 rings (SSSR count). The van der Waals surface area contributed by atoms with Crippen molar-refractivity contribution >= 4 is 27.4 Å². The summed E-state index contributed by atoms with van der Waals surface area (Å²) >= 11 is 3.55. The molecule has 0 radical (unpaired) electrons. The van der Waals surface area contributed by atoms with Gasteiger partial charge >= 0.3 is 0 Å². The van der Waals surface area contributed by atoms with E-state index in [1.54, 1.807) is 0 Å². The van der Waals surface area contributed by atoms with Gasteiger partial charge in [0.2, 0.25) is 0 Å². The van der Waals surface area contributed by atoms with Crippen molar-refractivity contribution in [2.75, 3.05) is 11.4 Å². The van der Waals surface area contributed by atoms with Crippen molar-refractivity contribution in [1.82, 2.24) is 4.98 Å². The van der Waals surface area contributed by atoms with Gasteiger partial charge in [0, 0.05) is 29.0 Å². The Labute approximate surface area is 210 Å². The first-order chi connectivity index (χ1) is 16.4. The maximum atomic E-state index is 6.37. The quantitative estimate of drug-likeness (QED) is 0.273. The number of pyridine rings is 1. The molecule has 172 valence electrons. The second-order valence-electron chi connectivity index (χ2n) is 9.80. The zero-order valence-electron chi connectivity index (χ0n) is 19.9. The zero-order chi connectivity index (χ0) is 23.7. The Morgan fingerprint density at radius 3 is 2.47 bits per heavy atom. The summed E-state index contributed by atoms with van der Waals surface area (Å²) in [6.07, 6.45) is 4.05. The maximum Gasteiger partial charge on any atom is 0.133 e. The van der Waals surface area contributed by atoms with Crippen molar-refractivity contribution in [3.8, 4) is 22.6 Å². The van der Waals surface area contributed by atoms with E-state index in [-0.39, 0.29) is 5.41 Å². The smallest absolute Gasteiger partial charge is 0.133 e. The van der Waals surface area contributed by atoms with Crippen LogP contribution in [0.25, 0.3) is 11.1 Å². The van der Waals surface area contributed by atoms with Gasteiger partial charge in [-0.05, 0) is 76.9 Å². The Hall–Kier alpha value is -3.11. The summed E-state index contributed by atoms with van der Waals surface area (Å²) in [6, 6.07) is 27.3. The minimum atomic E-state index is 0.0666. The molecule has 3 aromatic carbocycles. The molecule has 2 heterocycles. The van der Waals surface area contributed by atoms with Crippen molar-refractivity contribution < 1.29 is 4.74 Å². The summed E-state index contributed by atoms with van der Waals surface area (Å²) in [5, 5.41) is 0. The molecule has 0 amide bonds. The molecule has 0 aliphatic carbocycles. The van der Waals surface area contributed by atoms with Gasteiger partial charge in [0.05, 0.1) is 0 Å². The van der Waals surface area contributed by atoms with E-state index in [4.69, 9.17) is 9.72 Å². The zero-order valence-corrected chi connectivity index (χ0v) is 21.5. The number of nitrogens with zero attached hydrogens (tertiary/aromatic N) is 2. The summed E-state index contributed by atoms with van der Waals surface area (Å²) in [7, 11) is 0. The Kier molecular flexibility index (Phi) is 6.18. The summed E-state index contributed by atoms with van der Waals surface area (Å²) in [6.45, 7) is 7.66. The monoisotopic (exact) mass is 512 g/mol. The summed E-state index contributed by atoms with van der Waals surface area (Å²) in [5.74, 6) is 2.63. The maximum absolute atomic E-state index is 6.37. The molecule has 1 aromatic heterocycles. The Bertz CT molecular complexity index is 1310. The van der Waals surface area contributed by atoms with Gasteiger partial charge in [0.15, 0.2) is 0 Å². The summed E-state index contributed by atoms with van der Waals surface area (Å²) in [5.41, 5.74) is 6.31. The topological polar surface area (TPSA) is 25.4 Å². The highest BCUT2D eigenvalue weighted by Crippen LogP contribution is 2.43. The van der Waals surface area contributed by atoms with Crippen molar-refractivity contribution in [3.63, 3.8) is 0 Å². The van der Waals surface area contributed by atoms with Crippen LogP contribution in [0.3, 0.4) is 0 Å². The van der Waals surface area contributed by atoms with Crippen LogP contribution < -0.4 is 9.64 Å². The Morgan fingerprint density at radius 1 is 0.882 bits per heavy atom. The normalized spacial score (nSPS) is 13.5. The fourth-order valence-corrected chi connectivity index (χ4v) is 4.92. The van der Waals surface area contributed by atoms with E-state index in [2.05, 4.69) is 96.2 Å². The third-order valence-electron chi connectivity index (χ3n) is 6.30. The highest BCUT2D eigenvalue weighted by atomic mass is 79.9. The molecule has 4 aromatic rings. The molecule has 0 N–H and O–H groups in total. The van der Waals surface area contributed by atoms with Crippen molar-refractivity contribution in [2.24, 2.45) is 0 Å². The molecule has 0 atom stereocenters. The number of aromatic nitrogens is 1. The Balaban J connectivity index is 1.65. The van der Waals surface area contributed by atoms with Crippen LogP contribution in [0.1, 0.15) is 38.3 Å². The lowest BCUT2D eigenvalue weighted by atomic mass is 9.87. The number of hydrogen-bond acceptors (Lipinski definition) is 3. The first-order valence-electron chi connectivity index (χ1n) is 11.8. The highest BCUT2D eigenvalue weighted by Gasteiger charge is 2.25. The largest absolute Gasteiger partial charge is 0.457 e. The number of fused-ring (bicyclic) bond motifs is 1. The molecule has 0 spiro atoms. The molecular weight excluding hydrogens is 484 g/mol. The van der Waals surface area contributed by atoms with Crippen LogP contribution in [-0.4, -0.2) is 11.5 Å². The number of ether oxygens (including phenoxy) is 1. The molecule has 34 heavy (non-hydrogen) atoms. The van der Waals surface area contributed by atoms with Crippen LogP contribution >= 0.6 is 15.9 Å². The van der Waals surface area contributed by atoms with Crippen LogP contribution in [0.5, 0.6) is 11.5 Å². The van der Waals surface area contributed by atoms with E-state index in [0.717, 1.165) is 41.2 Å². The van der Waals surface area contributed by atoms with Gasteiger partial charge in [-0.25, -0.2) is 4.98 Å². The first kappa shape index (κ1) is 22.7. The lowest BCUT2D eigenvalue weighted by Crippen LogP contribution is -2.26. The average molecular weight is 513 g/mol. The van der Waals surface area contributed by atoms with E-state index in [0.29, 0.717) is 0 Å². The number of rotatable bonds is 4. The van der Waals surface area contributed by atoms with Gasteiger partial charge < -0.3 is 9.64 Å². The van der Waals surface area contributed by atoms with Gasteiger partial charge in [0.1, 0.15) is 17.3 Å². The van der Waals surface area contributed by atoms with E-state index in [1.165, 1.54) is 27.9 Å². The van der Waals surface area contributed by atoms with E-state index < -0.39 is 0 Å². The van der Waals surface area contributed by atoms with Gasteiger partial charge in [-0.3, -0.25) is 0 Å². The minimum Gasteiger partial charge on any atom is -0.457 e. The molecule has 0 fully saturated rings.